The molecule has 2 rings (SSSR count). The molecule has 2 aliphatic rings. The van der Waals surface area contributed by atoms with Gasteiger partial charge in [0.05, 0.1) is 12.2 Å². The zero-order valence-corrected chi connectivity index (χ0v) is 10.7. The first-order valence-corrected chi connectivity index (χ1v) is 6.70. The van der Waals surface area contributed by atoms with Crippen molar-refractivity contribution in [2.75, 3.05) is 19.6 Å². The zero-order valence-electron chi connectivity index (χ0n) is 10.7. The Morgan fingerprint density at radius 2 is 2.00 bits per heavy atom. The van der Waals surface area contributed by atoms with Gasteiger partial charge < -0.3 is 9.64 Å². The lowest BCUT2D eigenvalue weighted by Gasteiger charge is -2.37. The van der Waals surface area contributed by atoms with Crippen LogP contribution in [0, 0.1) is 5.92 Å². The van der Waals surface area contributed by atoms with E-state index in [0.717, 1.165) is 6.54 Å². The van der Waals surface area contributed by atoms with Crippen molar-refractivity contribution in [3.05, 3.63) is 12.2 Å². The second-order valence-corrected chi connectivity index (χ2v) is 5.52. The third kappa shape index (κ3) is 2.86. The second kappa shape index (κ2) is 5.33. The van der Waals surface area contributed by atoms with Crippen molar-refractivity contribution in [2.24, 2.45) is 5.92 Å². The van der Waals surface area contributed by atoms with Crippen molar-refractivity contribution in [3.8, 4) is 0 Å². The summed E-state index contributed by atoms with van der Waals surface area (Å²) in [6.07, 6.45) is 5.99. The molecule has 0 amide bonds. The van der Waals surface area contributed by atoms with Gasteiger partial charge in [-0.05, 0) is 52.6 Å². The molecule has 0 spiro atoms. The molecule has 0 N–H and O–H groups in total. The molecule has 0 radical (unpaired) electrons. The molecule has 0 unspecified atom stereocenters. The maximum absolute atomic E-state index is 6.12. The lowest BCUT2D eigenvalue weighted by atomic mass is 9.86. The van der Waals surface area contributed by atoms with Crippen LogP contribution in [0.15, 0.2) is 12.2 Å². The molecule has 2 heterocycles. The van der Waals surface area contributed by atoms with E-state index in [0.29, 0.717) is 18.1 Å². The summed E-state index contributed by atoms with van der Waals surface area (Å²) in [5, 5.41) is 0. The molecule has 0 bridgehead atoms. The average Bonchev–Trinajstić information content (AvgIpc) is 2.70. The third-order valence-corrected chi connectivity index (χ3v) is 4.01. The molecule has 16 heavy (non-hydrogen) atoms. The van der Waals surface area contributed by atoms with Crippen LogP contribution in [0.5, 0.6) is 0 Å². The van der Waals surface area contributed by atoms with E-state index >= 15 is 0 Å². The van der Waals surface area contributed by atoms with Gasteiger partial charge >= 0.3 is 0 Å². The third-order valence-electron chi connectivity index (χ3n) is 4.01. The number of nitrogens with zero attached hydrogens (tertiary/aromatic N) is 1. The first-order valence-electron chi connectivity index (χ1n) is 6.70. The number of hydrogen-bond donors (Lipinski definition) is 0. The van der Waals surface area contributed by atoms with Crippen LogP contribution in [-0.4, -0.2) is 36.7 Å². The minimum atomic E-state index is 0.388. The van der Waals surface area contributed by atoms with Crippen molar-refractivity contribution >= 4 is 0 Å². The fourth-order valence-electron chi connectivity index (χ4n) is 3.02. The molecule has 2 aliphatic heterocycles. The highest BCUT2D eigenvalue weighted by atomic mass is 16.5. The number of hydrogen-bond acceptors (Lipinski definition) is 2. The fourth-order valence-corrected chi connectivity index (χ4v) is 3.02. The van der Waals surface area contributed by atoms with Gasteiger partial charge in [-0.25, -0.2) is 0 Å². The summed E-state index contributed by atoms with van der Waals surface area (Å²) >= 11 is 0. The number of likely N-dealkylation sites (tertiary alicyclic amines) is 1. The summed E-state index contributed by atoms with van der Waals surface area (Å²) in [7, 11) is 0. The standard InChI is InChI=1S/C14H25NO/c1-11(2)13-7-6-12(3)16-14(13)10-15-8-4-5-9-15/h12-14H,1,4-10H2,2-3H3/t12-,13-,14+/m0/s1. The van der Waals surface area contributed by atoms with Crippen LogP contribution in [0.1, 0.15) is 39.5 Å². The van der Waals surface area contributed by atoms with Gasteiger partial charge in [0.1, 0.15) is 0 Å². The first-order chi connectivity index (χ1) is 7.66. The molecule has 2 heteroatoms. The van der Waals surface area contributed by atoms with E-state index in [1.807, 2.05) is 0 Å². The molecule has 2 fully saturated rings. The Labute approximate surface area is 99.7 Å². The van der Waals surface area contributed by atoms with Gasteiger partial charge in [0.15, 0.2) is 0 Å². The molecule has 2 saturated heterocycles. The van der Waals surface area contributed by atoms with Crippen LogP contribution in [-0.2, 0) is 4.74 Å². The molecule has 3 atom stereocenters. The SMILES string of the molecule is C=C(C)[C@@H]1CC[C@H](C)O[C@@H]1CN1CCCC1. The summed E-state index contributed by atoms with van der Waals surface area (Å²) in [6, 6.07) is 0. The molecular weight excluding hydrogens is 198 g/mol. The summed E-state index contributed by atoms with van der Waals surface area (Å²) < 4.78 is 6.12. The van der Waals surface area contributed by atoms with Crippen LogP contribution in [0.2, 0.25) is 0 Å². The molecule has 92 valence electrons. The van der Waals surface area contributed by atoms with Crippen molar-refractivity contribution in [3.63, 3.8) is 0 Å². The topological polar surface area (TPSA) is 12.5 Å². The lowest BCUT2D eigenvalue weighted by Crippen LogP contribution is -2.42. The minimum absolute atomic E-state index is 0.388. The summed E-state index contributed by atoms with van der Waals surface area (Å²) in [5.41, 5.74) is 1.30. The van der Waals surface area contributed by atoms with Crippen molar-refractivity contribution in [1.82, 2.24) is 4.90 Å². The van der Waals surface area contributed by atoms with Crippen LogP contribution in [0.4, 0.5) is 0 Å². The summed E-state index contributed by atoms with van der Waals surface area (Å²) in [6.45, 7) is 12.1. The van der Waals surface area contributed by atoms with E-state index in [9.17, 15) is 0 Å². The predicted molar refractivity (Wildman–Crippen MR) is 67.5 cm³/mol. The highest BCUT2D eigenvalue weighted by molar-refractivity contribution is 5.02. The molecule has 0 saturated carbocycles. The van der Waals surface area contributed by atoms with Crippen molar-refractivity contribution in [2.45, 2.75) is 51.7 Å². The second-order valence-electron chi connectivity index (χ2n) is 5.52. The maximum Gasteiger partial charge on any atom is 0.0770 e. The van der Waals surface area contributed by atoms with Crippen LogP contribution < -0.4 is 0 Å². The fraction of sp³-hybridized carbons (Fsp3) is 0.857. The number of ether oxygens (including phenoxy) is 1. The van der Waals surface area contributed by atoms with Crippen molar-refractivity contribution < 1.29 is 4.74 Å². The van der Waals surface area contributed by atoms with E-state index in [1.165, 1.54) is 44.3 Å². The van der Waals surface area contributed by atoms with Gasteiger partial charge in [-0.2, -0.15) is 0 Å². The monoisotopic (exact) mass is 223 g/mol. The van der Waals surface area contributed by atoms with E-state index in [-0.39, 0.29) is 0 Å². The average molecular weight is 223 g/mol. The van der Waals surface area contributed by atoms with Crippen LogP contribution in [0.25, 0.3) is 0 Å². The Kier molecular flexibility index (Phi) is 4.04. The van der Waals surface area contributed by atoms with Crippen LogP contribution in [0.3, 0.4) is 0 Å². The first kappa shape index (κ1) is 12.1. The van der Waals surface area contributed by atoms with E-state index in [4.69, 9.17) is 4.74 Å². The molecule has 0 aromatic heterocycles. The van der Waals surface area contributed by atoms with Gasteiger partial charge in [0, 0.05) is 12.5 Å². The van der Waals surface area contributed by atoms with Gasteiger partial charge in [-0.1, -0.05) is 12.2 Å². The zero-order chi connectivity index (χ0) is 11.5. The summed E-state index contributed by atoms with van der Waals surface area (Å²) in [4.78, 5) is 2.55. The highest BCUT2D eigenvalue weighted by Gasteiger charge is 2.31. The quantitative estimate of drug-likeness (QED) is 0.682. The van der Waals surface area contributed by atoms with Crippen molar-refractivity contribution in [1.29, 1.82) is 0 Å². The van der Waals surface area contributed by atoms with E-state index < -0.39 is 0 Å². The molecule has 0 aromatic carbocycles. The normalized spacial score (nSPS) is 36.5. The smallest absolute Gasteiger partial charge is 0.0770 e. The molecule has 2 nitrogen and oxygen atoms in total. The molecule has 0 aliphatic carbocycles. The van der Waals surface area contributed by atoms with Gasteiger partial charge in [-0.3, -0.25) is 0 Å². The highest BCUT2D eigenvalue weighted by Crippen LogP contribution is 2.30. The Balaban J connectivity index is 1.93. The maximum atomic E-state index is 6.12. The van der Waals surface area contributed by atoms with Crippen LogP contribution >= 0.6 is 0 Å². The Morgan fingerprint density at radius 3 is 2.62 bits per heavy atom. The summed E-state index contributed by atoms with van der Waals surface area (Å²) in [5.74, 6) is 0.580. The number of rotatable bonds is 3. The Morgan fingerprint density at radius 1 is 1.31 bits per heavy atom. The van der Waals surface area contributed by atoms with E-state index in [2.05, 4.69) is 25.3 Å². The van der Waals surface area contributed by atoms with Gasteiger partial charge in [0.2, 0.25) is 0 Å². The molecule has 0 aromatic rings. The Hall–Kier alpha value is -0.340. The molecular formula is C14H25NO. The van der Waals surface area contributed by atoms with E-state index in [1.54, 1.807) is 0 Å². The Bertz CT molecular complexity index is 245. The largest absolute Gasteiger partial charge is 0.373 e. The minimum Gasteiger partial charge on any atom is -0.373 e. The predicted octanol–water partition coefficient (Wildman–Crippen LogP) is 2.84. The lowest BCUT2D eigenvalue weighted by molar-refractivity contribution is -0.0757. The van der Waals surface area contributed by atoms with Gasteiger partial charge in [-0.15, -0.1) is 0 Å². The van der Waals surface area contributed by atoms with Gasteiger partial charge in [0.25, 0.3) is 0 Å².